The molecule has 166 valence electrons. The van der Waals surface area contributed by atoms with E-state index in [1.807, 2.05) is 18.2 Å². The van der Waals surface area contributed by atoms with Crippen LogP contribution in [0.2, 0.25) is 0 Å². The third-order valence-corrected chi connectivity index (χ3v) is 4.23. The second-order valence-electron chi connectivity index (χ2n) is 6.88. The number of carbonyl (C=O) groups is 1. The molecular weight excluding hydrogens is 372 g/mol. The molecule has 1 unspecified atom stereocenters. The second-order valence-corrected chi connectivity index (χ2v) is 6.88. The van der Waals surface area contributed by atoms with Crippen LogP contribution in [-0.4, -0.2) is 46.9 Å². The third-order valence-electron chi connectivity index (χ3n) is 4.23. The fourth-order valence-corrected chi connectivity index (χ4v) is 2.53. The maximum Gasteiger partial charge on any atom is 0.330 e. The molecule has 0 spiro atoms. The molecule has 6 nitrogen and oxygen atoms in total. The number of hydrogen-bond acceptors (Lipinski definition) is 6. The standard InChI is InChI=1S/C23H38O6/c1-2-3-13-16-22(29-27)17-14-11-9-7-5-4-6-8-10-12-15-18-23(26)28-20-21(25)19-24/h4-6,8,10,12,15,18,21-22,24-25,27H,2-3,7,9,11,13-14,16-17,19-20H2,1H3/t21?,22-/m0/s1. The molecule has 0 amide bonds. The average molecular weight is 411 g/mol. The van der Waals surface area contributed by atoms with E-state index in [-0.39, 0.29) is 12.7 Å². The Bertz CT molecular complexity index is 496. The summed E-state index contributed by atoms with van der Waals surface area (Å²) in [4.78, 5) is 15.8. The number of ether oxygens (including phenoxy) is 1. The molecule has 0 aliphatic heterocycles. The van der Waals surface area contributed by atoms with Crippen LogP contribution in [0.5, 0.6) is 0 Å². The number of esters is 1. The monoisotopic (exact) mass is 410 g/mol. The van der Waals surface area contributed by atoms with Crippen molar-refractivity contribution >= 4 is 5.97 Å². The van der Waals surface area contributed by atoms with Crippen LogP contribution in [0.4, 0.5) is 0 Å². The summed E-state index contributed by atoms with van der Waals surface area (Å²) >= 11 is 0. The van der Waals surface area contributed by atoms with Gasteiger partial charge in [0.15, 0.2) is 0 Å². The number of aliphatic hydroxyl groups is 2. The Labute approximate surface area is 175 Å². The summed E-state index contributed by atoms with van der Waals surface area (Å²) in [6.45, 7) is 1.51. The van der Waals surface area contributed by atoms with Crippen LogP contribution in [0.15, 0.2) is 48.6 Å². The maximum atomic E-state index is 11.3. The van der Waals surface area contributed by atoms with E-state index in [1.165, 1.54) is 18.9 Å². The van der Waals surface area contributed by atoms with Gasteiger partial charge in [-0.25, -0.2) is 9.68 Å². The molecule has 0 aliphatic carbocycles. The van der Waals surface area contributed by atoms with Crippen molar-refractivity contribution in [2.24, 2.45) is 0 Å². The van der Waals surface area contributed by atoms with E-state index in [2.05, 4.69) is 17.9 Å². The van der Waals surface area contributed by atoms with Gasteiger partial charge in [-0.2, -0.15) is 0 Å². The van der Waals surface area contributed by atoms with Crippen LogP contribution in [0.25, 0.3) is 0 Å². The summed E-state index contributed by atoms with van der Waals surface area (Å²) < 4.78 is 4.72. The van der Waals surface area contributed by atoms with Crippen molar-refractivity contribution in [1.82, 2.24) is 0 Å². The number of allylic oxidation sites excluding steroid dienone is 7. The quantitative estimate of drug-likeness (QED) is 0.0769. The minimum atomic E-state index is -1.04. The van der Waals surface area contributed by atoms with Gasteiger partial charge in [0.2, 0.25) is 0 Å². The van der Waals surface area contributed by atoms with Gasteiger partial charge < -0.3 is 14.9 Å². The van der Waals surface area contributed by atoms with Gasteiger partial charge in [0, 0.05) is 6.08 Å². The molecule has 0 saturated carbocycles. The lowest BCUT2D eigenvalue weighted by Crippen LogP contribution is -2.21. The Hall–Kier alpha value is -1.73. The molecule has 0 aromatic heterocycles. The number of aliphatic hydroxyl groups excluding tert-OH is 2. The van der Waals surface area contributed by atoms with Gasteiger partial charge in [-0.1, -0.05) is 81.6 Å². The second kappa shape index (κ2) is 21.0. The Balaban J connectivity index is 3.71. The third kappa shape index (κ3) is 19.4. The van der Waals surface area contributed by atoms with Gasteiger partial charge >= 0.3 is 5.97 Å². The smallest absolute Gasteiger partial charge is 0.330 e. The molecule has 0 aromatic carbocycles. The first-order chi connectivity index (χ1) is 14.1. The Morgan fingerprint density at radius 3 is 2.24 bits per heavy atom. The summed E-state index contributed by atoms with van der Waals surface area (Å²) in [5.74, 6) is -0.566. The molecule has 29 heavy (non-hydrogen) atoms. The zero-order chi connectivity index (χ0) is 21.6. The highest BCUT2D eigenvalue weighted by molar-refractivity contribution is 5.82. The minimum Gasteiger partial charge on any atom is -0.460 e. The van der Waals surface area contributed by atoms with Crippen molar-refractivity contribution in [3.63, 3.8) is 0 Å². The van der Waals surface area contributed by atoms with E-state index < -0.39 is 18.7 Å². The summed E-state index contributed by atoms with van der Waals surface area (Å²) in [6, 6.07) is 0. The number of hydrogen-bond donors (Lipinski definition) is 3. The first kappa shape index (κ1) is 27.3. The summed E-state index contributed by atoms with van der Waals surface area (Å²) in [7, 11) is 0. The topological polar surface area (TPSA) is 96.2 Å². The lowest BCUT2D eigenvalue weighted by molar-refractivity contribution is -0.281. The Kier molecular flexibility index (Phi) is 19.7. The normalized spacial score (nSPS) is 14.5. The number of unbranched alkanes of at least 4 members (excludes halogenated alkanes) is 5. The zero-order valence-electron chi connectivity index (χ0n) is 17.6. The van der Waals surface area contributed by atoms with Gasteiger partial charge in [-0.05, 0) is 25.7 Å². The Morgan fingerprint density at radius 2 is 1.59 bits per heavy atom. The van der Waals surface area contributed by atoms with Crippen molar-refractivity contribution in [2.75, 3.05) is 13.2 Å². The molecule has 0 bridgehead atoms. The van der Waals surface area contributed by atoms with Crippen LogP contribution in [-0.2, 0) is 14.4 Å². The fraction of sp³-hybridized carbons (Fsp3) is 0.609. The van der Waals surface area contributed by atoms with E-state index >= 15 is 0 Å². The zero-order valence-corrected chi connectivity index (χ0v) is 17.6. The van der Waals surface area contributed by atoms with E-state index in [0.717, 1.165) is 44.9 Å². The molecule has 0 rings (SSSR count). The van der Waals surface area contributed by atoms with E-state index in [4.69, 9.17) is 20.2 Å². The lowest BCUT2D eigenvalue weighted by Gasteiger charge is -2.12. The fourth-order valence-electron chi connectivity index (χ4n) is 2.53. The van der Waals surface area contributed by atoms with Crippen molar-refractivity contribution in [1.29, 1.82) is 0 Å². The van der Waals surface area contributed by atoms with Gasteiger partial charge in [0.05, 0.1) is 12.7 Å². The van der Waals surface area contributed by atoms with Gasteiger partial charge in [0.1, 0.15) is 12.7 Å². The van der Waals surface area contributed by atoms with Gasteiger partial charge in [-0.15, -0.1) is 0 Å². The number of rotatable bonds is 18. The molecule has 0 radical (unpaired) electrons. The van der Waals surface area contributed by atoms with Gasteiger partial charge in [0.25, 0.3) is 0 Å². The van der Waals surface area contributed by atoms with Crippen molar-refractivity contribution in [3.8, 4) is 0 Å². The highest BCUT2D eigenvalue weighted by atomic mass is 17.1. The van der Waals surface area contributed by atoms with Crippen molar-refractivity contribution in [3.05, 3.63) is 48.6 Å². The molecule has 0 saturated heterocycles. The Morgan fingerprint density at radius 1 is 0.931 bits per heavy atom. The van der Waals surface area contributed by atoms with Crippen LogP contribution in [0.1, 0.15) is 64.7 Å². The molecule has 3 N–H and O–H groups in total. The first-order valence-electron chi connectivity index (χ1n) is 10.6. The predicted octanol–water partition coefficient (Wildman–Crippen LogP) is 4.50. The number of carbonyl (C=O) groups excluding carboxylic acids is 1. The SMILES string of the molecule is CCCCC[C@@H](CCCCCC=CC=CC=CC=CC(=O)OCC(O)CO)OO. The largest absolute Gasteiger partial charge is 0.460 e. The molecule has 0 aromatic rings. The summed E-state index contributed by atoms with van der Waals surface area (Å²) in [6.07, 6.45) is 22.8. The molecule has 0 aliphatic rings. The highest BCUT2D eigenvalue weighted by Crippen LogP contribution is 2.14. The molecule has 2 atom stereocenters. The molecule has 6 heteroatoms. The maximum absolute atomic E-state index is 11.3. The predicted molar refractivity (Wildman–Crippen MR) is 115 cm³/mol. The van der Waals surface area contributed by atoms with Crippen LogP contribution in [0, 0.1) is 0 Å². The molecule has 0 fully saturated rings. The van der Waals surface area contributed by atoms with E-state index in [9.17, 15) is 4.79 Å². The summed E-state index contributed by atoms with van der Waals surface area (Å²) in [5, 5.41) is 26.6. The van der Waals surface area contributed by atoms with Crippen molar-refractivity contribution in [2.45, 2.75) is 76.9 Å². The summed E-state index contributed by atoms with van der Waals surface area (Å²) in [5.41, 5.74) is 0. The molecular formula is C23H38O6. The van der Waals surface area contributed by atoms with E-state index in [1.54, 1.807) is 18.2 Å². The van der Waals surface area contributed by atoms with Gasteiger partial charge in [-0.3, -0.25) is 5.26 Å². The minimum absolute atomic E-state index is 0.0187. The van der Waals surface area contributed by atoms with E-state index in [0.29, 0.717) is 0 Å². The van der Waals surface area contributed by atoms with Crippen molar-refractivity contribution < 1.29 is 29.9 Å². The molecule has 0 heterocycles. The van der Waals surface area contributed by atoms with Crippen LogP contribution < -0.4 is 0 Å². The first-order valence-corrected chi connectivity index (χ1v) is 10.6. The van der Waals surface area contributed by atoms with Crippen LogP contribution >= 0.6 is 0 Å². The van der Waals surface area contributed by atoms with Crippen LogP contribution in [0.3, 0.4) is 0 Å². The highest BCUT2D eigenvalue weighted by Gasteiger charge is 2.07. The lowest BCUT2D eigenvalue weighted by atomic mass is 10.0. The average Bonchev–Trinajstić information content (AvgIpc) is 2.73.